The van der Waals surface area contributed by atoms with Crippen molar-refractivity contribution in [3.8, 4) is 34.5 Å². The summed E-state index contributed by atoms with van der Waals surface area (Å²) in [6, 6.07) is 50.6. The average molecular weight is 1150 g/mol. The molecular weight excluding hydrogens is 1080 g/mol. The third kappa shape index (κ3) is 19.1. The molecule has 0 amide bonds. The Kier molecular flexibility index (Phi) is 26.7. The maximum absolute atomic E-state index is 6.57. The number of rotatable bonds is 29. The molecule has 7 aromatic carbocycles. The van der Waals surface area contributed by atoms with E-state index in [2.05, 4.69) is 109 Å². The van der Waals surface area contributed by atoms with Gasteiger partial charge >= 0.3 is 0 Å². The standard InChI is InChI=1S/C26H22Cl4O2.C23H28O2.C21H24O2/c1-4-11-31-24-20(27)13-18(14-21(24)28)26(3,17-9-7-6-8-10-17)19-15-22(29)25(23(30)16-19)32-12-5-2;1-5-7-17-24-21-13-9-19(10-14-21)23(3,4)20-11-15-22(16-12-20)25-18-8-6-2;1-3-5-15-22-20-11-7-18(8-12-20)17-19-9-13-21(14-10-19)23-16-6-4-2/h4-10,13-16H,1-2,11-12H2,3H3;5-6,9-16H,1-2,7-8,17-18H2,3-4H3;3-4,7-14H,1-2,5-6,15-17H2. The highest BCUT2D eigenvalue weighted by Crippen LogP contribution is 2.47. The summed E-state index contributed by atoms with van der Waals surface area (Å²) < 4.78 is 33.9. The Morgan fingerprint density at radius 2 is 0.650 bits per heavy atom. The second-order valence-corrected chi connectivity index (χ2v) is 20.7. The van der Waals surface area contributed by atoms with E-state index in [0.717, 1.165) is 71.8 Å². The lowest BCUT2D eigenvalue weighted by Gasteiger charge is -2.33. The molecule has 0 aliphatic rings. The van der Waals surface area contributed by atoms with Crippen LogP contribution in [0.2, 0.25) is 20.1 Å². The van der Waals surface area contributed by atoms with Gasteiger partial charge in [-0.25, -0.2) is 0 Å². The van der Waals surface area contributed by atoms with Crippen LogP contribution in [0.4, 0.5) is 0 Å². The van der Waals surface area contributed by atoms with Crippen LogP contribution in [0.5, 0.6) is 34.5 Å². The van der Waals surface area contributed by atoms with E-state index in [4.69, 9.17) is 74.8 Å². The Morgan fingerprint density at radius 3 is 0.938 bits per heavy atom. The Bertz CT molecular complexity index is 2810. The zero-order valence-corrected chi connectivity index (χ0v) is 49.4. The lowest BCUT2D eigenvalue weighted by molar-refractivity contribution is 0.324. The molecule has 0 heterocycles. The van der Waals surface area contributed by atoms with Gasteiger partial charge in [0.15, 0.2) is 11.5 Å². The summed E-state index contributed by atoms with van der Waals surface area (Å²) in [5.74, 6) is 4.43. The van der Waals surface area contributed by atoms with E-state index in [1.807, 2.05) is 127 Å². The largest absolute Gasteiger partial charge is 0.493 e. The normalized spacial score (nSPS) is 10.8. The minimum Gasteiger partial charge on any atom is -0.493 e. The molecule has 6 nitrogen and oxygen atoms in total. The molecule has 0 N–H and O–H groups in total. The van der Waals surface area contributed by atoms with Crippen LogP contribution in [0.1, 0.15) is 85.4 Å². The molecule has 0 radical (unpaired) electrons. The fourth-order valence-electron chi connectivity index (χ4n) is 8.31. The minimum absolute atomic E-state index is 0.0840. The van der Waals surface area contributed by atoms with Crippen molar-refractivity contribution in [1.29, 1.82) is 0 Å². The smallest absolute Gasteiger partial charge is 0.156 e. The Balaban J connectivity index is 0.000000224. The summed E-state index contributed by atoms with van der Waals surface area (Å²) in [6.07, 6.45) is 15.1. The van der Waals surface area contributed by atoms with Crippen molar-refractivity contribution in [2.45, 2.75) is 63.7 Å². The van der Waals surface area contributed by atoms with Crippen LogP contribution in [0.3, 0.4) is 0 Å². The van der Waals surface area contributed by atoms with Crippen molar-refractivity contribution in [1.82, 2.24) is 0 Å². The van der Waals surface area contributed by atoms with Gasteiger partial charge in [-0.3, -0.25) is 0 Å². The average Bonchev–Trinajstić information content (AvgIpc) is 3.47. The maximum atomic E-state index is 6.57. The molecule has 80 heavy (non-hydrogen) atoms. The molecule has 0 fully saturated rings. The van der Waals surface area contributed by atoms with E-state index in [-0.39, 0.29) is 5.41 Å². The van der Waals surface area contributed by atoms with Crippen molar-refractivity contribution in [3.05, 3.63) is 287 Å². The van der Waals surface area contributed by atoms with Crippen LogP contribution < -0.4 is 28.4 Å². The molecule has 7 aromatic rings. The molecule has 0 saturated carbocycles. The van der Waals surface area contributed by atoms with Crippen LogP contribution in [0.25, 0.3) is 0 Å². The first-order valence-corrected chi connectivity index (χ1v) is 28.1. The predicted molar refractivity (Wildman–Crippen MR) is 338 cm³/mol. The highest BCUT2D eigenvalue weighted by atomic mass is 35.5. The van der Waals surface area contributed by atoms with E-state index in [1.165, 1.54) is 22.3 Å². The Labute approximate surface area is 496 Å². The molecule has 0 unspecified atom stereocenters. The zero-order valence-electron chi connectivity index (χ0n) is 46.4. The summed E-state index contributed by atoms with van der Waals surface area (Å²) >= 11 is 26.3. The number of hydrogen-bond donors (Lipinski definition) is 0. The van der Waals surface area contributed by atoms with Crippen molar-refractivity contribution >= 4 is 46.4 Å². The molecule has 0 atom stereocenters. The van der Waals surface area contributed by atoms with Crippen LogP contribution in [0, 0.1) is 0 Å². The lowest BCUT2D eigenvalue weighted by Crippen LogP contribution is -2.25. The van der Waals surface area contributed by atoms with Gasteiger partial charge in [-0.2, -0.15) is 0 Å². The summed E-state index contributed by atoms with van der Waals surface area (Å²) in [4.78, 5) is 0. The first kappa shape index (κ1) is 63.8. The van der Waals surface area contributed by atoms with Crippen molar-refractivity contribution in [3.63, 3.8) is 0 Å². The van der Waals surface area contributed by atoms with Crippen LogP contribution in [-0.2, 0) is 17.3 Å². The first-order valence-electron chi connectivity index (χ1n) is 26.6. The Morgan fingerprint density at radius 1 is 0.350 bits per heavy atom. The third-order valence-electron chi connectivity index (χ3n) is 13.0. The molecule has 0 spiro atoms. The Hall–Kier alpha value is -7.06. The molecule has 7 rings (SSSR count). The second-order valence-electron chi connectivity index (χ2n) is 19.1. The summed E-state index contributed by atoms with van der Waals surface area (Å²) in [6.45, 7) is 31.9. The quantitative estimate of drug-likeness (QED) is 0.0265. The highest BCUT2D eigenvalue weighted by molar-refractivity contribution is 6.38. The lowest BCUT2D eigenvalue weighted by atomic mass is 9.71. The van der Waals surface area contributed by atoms with Gasteiger partial charge in [-0.1, -0.05) is 189 Å². The first-order chi connectivity index (χ1) is 38.7. The number of ether oxygens (including phenoxy) is 6. The molecule has 0 saturated heterocycles. The van der Waals surface area contributed by atoms with Gasteiger partial charge < -0.3 is 28.4 Å². The van der Waals surface area contributed by atoms with Crippen LogP contribution in [0.15, 0.2) is 228 Å². The zero-order chi connectivity index (χ0) is 57.8. The number of hydrogen-bond acceptors (Lipinski definition) is 6. The number of halogens is 4. The van der Waals surface area contributed by atoms with E-state index < -0.39 is 5.41 Å². The van der Waals surface area contributed by atoms with E-state index in [9.17, 15) is 0 Å². The van der Waals surface area contributed by atoms with E-state index >= 15 is 0 Å². The van der Waals surface area contributed by atoms with Gasteiger partial charge in [0, 0.05) is 10.8 Å². The van der Waals surface area contributed by atoms with Crippen molar-refractivity contribution in [2.24, 2.45) is 0 Å². The van der Waals surface area contributed by atoms with E-state index in [0.29, 0.717) is 71.2 Å². The monoisotopic (exact) mass is 1150 g/mol. The van der Waals surface area contributed by atoms with Gasteiger partial charge in [-0.15, -0.1) is 26.3 Å². The fourth-order valence-corrected chi connectivity index (χ4v) is 9.51. The molecule has 418 valence electrons. The molecular formula is C70H74Cl4O6. The maximum Gasteiger partial charge on any atom is 0.156 e. The number of benzene rings is 7. The minimum atomic E-state index is -0.671. The van der Waals surface area contributed by atoms with Gasteiger partial charge in [0.1, 0.15) is 36.2 Å². The molecule has 0 aromatic heterocycles. The summed E-state index contributed by atoms with van der Waals surface area (Å²) in [5.41, 5.74) is 7.01. The molecule has 0 aliphatic heterocycles. The van der Waals surface area contributed by atoms with Crippen LogP contribution in [-0.4, -0.2) is 39.6 Å². The topological polar surface area (TPSA) is 55.4 Å². The summed E-state index contributed by atoms with van der Waals surface area (Å²) in [7, 11) is 0. The van der Waals surface area contributed by atoms with Crippen molar-refractivity contribution < 1.29 is 28.4 Å². The second kappa shape index (κ2) is 33.5. The van der Waals surface area contributed by atoms with Gasteiger partial charge in [0.2, 0.25) is 0 Å². The third-order valence-corrected chi connectivity index (χ3v) is 14.1. The SMILES string of the molecule is C=CCCOc1ccc(C(C)(C)c2ccc(OCCC=C)cc2)cc1.C=CCCOc1ccc(Cc2ccc(OCCC=C)cc2)cc1.C=CCOc1c(Cl)cc(C(C)(c2ccccc2)c2cc(Cl)c(OCC=C)c(Cl)c2)cc1Cl. The van der Waals surface area contributed by atoms with Gasteiger partial charge in [-0.05, 0) is 151 Å². The predicted octanol–water partition coefficient (Wildman–Crippen LogP) is 19.9. The molecule has 0 bridgehead atoms. The highest BCUT2D eigenvalue weighted by Gasteiger charge is 2.34. The van der Waals surface area contributed by atoms with Gasteiger partial charge in [0.05, 0.1) is 46.5 Å². The molecule has 10 heteroatoms. The van der Waals surface area contributed by atoms with Gasteiger partial charge in [0.25, 0.3) is 0 Å². The van der Waals surface area contributed by atoms with Crippen molar-refractivity contribution in [2.75, 3.05) is 39.6 Å². The fraction of sp³-hybridized carbons (Fsp3) is 0.229. The van der Waals surface area contributed by atoms with E-state index in [1.54, 1.807) is 12.2 Å². The summed E-state index contributed by atoms with van der Waals surface area (Å²) in [5, 5.41) is 1.61. The molecule has 0 aliphatic carbocycles. The van der Waals surface area contributed by atoms with Crippen LogP contribution >= 0.6 is 46.4 Å².